The van der Waals surface area contributed by atoms with Gasteiger partial charge in [-0.25, -0.2) is 9.67 Å². The van der Waals surface area contributed by atoms with E-state index in [1.165, 1.54) is 0 Å². The van der Waals surface area contributed by atoms with Crippen molar-refractivity contribution >= 4 is 39.1 Å². The highest BCUT2D eigenvalue weighted by atomic mass is 79.9. The highest BCUT2D eigenvalue weighted by Gasteiger charge is 2.20. The molecule has 1 aromatic heterocycles. The van der Waals surface area contributed by atoms with Crippen molar-refractivity contribution in [3.8, 4) is 17.1 Å². The van der Waals surface area contributed by atoms with Gasteiger partial charge in [0.05, 0.1) is 5.69 Å². The fourth-order valence-corrected chi connectivity index (χ4v) is 3.78. The molecule has 150 valence electrons. The molecule has 1 amide bonds. The maximum Gasteiger partial charge on any atom is 0.295 e. The predicted molar refractivity (Wildman–Crippen MR) is 123 cm³/mol. The Morgan fingerprint density at radius 1 is 1.03 bits per heavy atom. The SMILES string of the molecule is Cc1ccc(-n2nc(C(=O)Nc3cccc(Br)c3)nc2-c2cccc(Cl)c2)c(C)c1. The number of hydrogen-bond acceptors (Lipinski definition) is 3. The lowest BCUT2D eigenvalue weighted by molar-refractivity contribution is 0.101. The zero-order valence-electron chi connectivity index (χ0n) is 16.4. The van der Waals surface area contributed by atoms with Gasteiger partial charge in [-0.2, -0.15) is 0 Å². The Kier molecular flexibility index (Phi) is 5.70. The van der Waals surface area contributed by atoms with Crippen molar-refractivity contribution in [2.45, 2.75) is 13.8 Å². The molecule has 7 heteroatoms. The molecule has 0 atom stereocenters. The average Bonchev–Trinajstić information content (AvgIpc) is 3.13. The molecule has 3 aromatic carbocycles. The molecule has 0 aliphatic rings. The molecule has 0 bridgehead atoms. The molecule has 0 saturated heterocycles. The van der Waals surface area contributed by atoms with Gasteiger partial charge in [-0.3, -0.25) is 4.79 Å². The van der Waals surface area contributed by atoms with Crippen LogP contribution in [0.25, 0.3) is 17.1 Å². The Labute approximate surface area is 187 Å². The lowest BCUT2D eigenvalue weighted by atomic mass is 10.1. The Hall–Kier alpha value is -2.96. The first-order valence-electron chi connectivity index (χ1n) is 9.28. The number of aryl methyl sites for hydroxylation is 2. The molecular weight excluding hydrogens is 464 g/mol. The number of nitrogens with one attached hydrogen (secondary N) is 1. The minimum absolute atomic E-state index is 0.0740. The molecule has 4 aromatic rings. The standard InChI is InChI=1S/C23H18BrClN4O/c1-14-9-10-20(15(2)11-14)29-22(16-5-3-7-18(25)12-16)27-21(28-29)23(30)26-19-8-4-6-17(24)13-19/h3-13H,1-2H3,(H,26,30). The van der Waals surface area contributed by atoms with E-state index >= 15 is 0 Å². The summed E-state index contributed by atoms with van der Waals surface area (Å²) in [5.41, 5.74) is 4.46. The van der Waals surface area contributed by atoms with E-state index in [1.807, 2.05) is 68.4 Å². The minimum Gasteiger partial charge on any atom is -0.319 e. The third-order valence-corrected chi connectivity index (χ3v) is 5.28. The Morgan fingerprint density at radius 2 is 1.83 bits per heavy atom. The second kappa shape index (κ2) is 8.42. The van der Waals surface area contributed by atoms with E-state index in [0.717, 1.165) is 26.9 Å². The number of carbonyl (C=O) groups excluding carboxylic acids is 1. The van der Waals surface area contributed by atoms with Crippen molar-refractivity contribution < 1.29 is 4.79 Å². The van der Waals surface area contributed by atoms with E-state index in [9.17, 15) is 4.79 Å². The van der Waals surface area contributed by atoms with Gasteiger partial charge in [0.25, 0.3) is 5.91 Å². The van der Waals surface area contributed by atoms with E-state index in [2.05, 4.69) is 37.4 Å². The Morgan fingerprint density at radius 3 is 2.57 bits per heavy atom. The van der Waals surface area contributed by atoms with Crippen LogP contribution in [0.5, 0.6) is 0 Å². The number of amides is 1. The quantitative estimate of drug-likeness (QED) is 0.376. The smallest absolute Gasteiger partial charge is 0.295 e. The zero-order valence-corrected chi connectivity index (χ0v) is 18.7. The number of benzene rings is 3. The van der Waals surface area contributed by atoms with Crippen molar-refractivity contribution in [3.63, 3.8) is 0 Å². The fourth-order valence-electron chi connectivity index (χ4n) is 3.19. The normalized spacial score (nSPS) is 10.8. The summed E-state index contributed by atoms with van der Waals surface area (Å²) in [6, 6.07) is 20.8. The molecule has 0 spiro atoms. The van der Waals surface area contributed by atoms with Crippen molar-refractivity contribution in [1.82, 2.24) is 14.8 Å². The molecule has 0 saturated carbocycles. The number of carbonyl (C=O) groups is 1. The topological polar surface area (TPSA) is 59.8 Å². The van der Waals surface area contributed by atoms with E-state index in [0.29, 0.717) is 16.5 Å². The van der Waals surface area contributed by atoms with Crippen LogP contribution in [-0.2, 0) is 0 Å². The van der Waals surface area contributed by atoms with Gasteiger partial charge < -0.3 is 5.32 Å². The van der Waals surface area contributed by atoms with Gasteiger partial charge in [-0.1, -0.05) is 63.4 Å². The van der Waals surface area contributed by atoms with Crippen LogP contribution < -0.4 is 5.32 Å². The highest BCUT2D eigenvalue weighted by Crippen LogP contribution is 2.26. The van der Waals surface area contributed by atoms with Crippen LogP contribution in [0.3, 0.4) is 0 Å². The van der Waals surface area contributed by atoms with Gasteiger partial charge in [0.2, 0.25) is 5.82 Å². The Bertz CT molecular complexity index is 1250. The van der Waals surface area contributed by atoms with Crippen LogP contribution in [0.2, 0.25) is 5.02 Å². The van der Waals surface area contributed by atoms with E-state index in [-0.39, 0.29) is 11.7 Å². The summed E-state index contributed by atoms with van der Waals surface area (Å²) in [7, 11) is 0. The number of rotatable bonds is 4. The van der Waals surface area contributed by atoms with Crippen molar-refractivity contribution in [3.05, 3.63) is 93.2 Å². The molecule has 0 aliphatic heterocycles. The van der Waals surface area contributed by atoms with Gasteiger partial charge in [0.1, 0.15) is 0 Å². The maximum absolute atomic E-state index is 12.9. The second-order valence-electron chi connectivity index (χ2n) is 6.94. The van der Waals surface area contributed by atoms with Crippen molar-refractivity contribution in [2.24, 2.45) is 0 Å². The van der Waals surface area contributed by atoms with Crippen LogP contribution in [0.1, 0.15) is 21.7 Å². The molecule has 0 unspecified atom stereocenters. The van der Waals surface area contributed by atoms with E-state index in [4.69, 9.17) is 11.6 Å². The molecule has 1 N–H and O–H groups in total. The summed E-state index contributed by atoms with van der Waals surface area (Å²) in [5.74, 6) is 0.230. The summed E-state index contributed by atoms with van der Waals surface area (Å²) in [6.07, 6.45) is 0. The van der Waals surface area contributed by atoms with Gasteiger partial charge in [-0.15, -0.1) is 5.10 Å². The second-order valence-corrected chi connectivity index (χ2v) is 8.29. The minimum atomic E-state index is -0.389. The summed E-state index contributed by atoms with van der Waals surface area (Å²) >= 11 is 9.60. The first-order chi connectivity index (χ1) is 14.4. The van der Waals surface area contributed by atoms with Crippen molar-refractivity contribution in [1.29, 1.82) is 0 Å². The average molecular weight is 482 g/mol. The first-order valence-corrected chi connectivity index (χ1v) is 10.5. The number of aromatic nitrogens is 3. The third-order valence-electron chi connectivity index (χ3n) is 4.56. The molecule has 0 radical (unpaired) electrons. The molecule has 1 heterocycles. The first kappa shape index (κ1) is 20.3. The van der Waals surface area contributed by atoms with Gasteiger partial charge in [0.15, 0.2) is 5.82 Å². The molecule has 30 heavy (non-hydrogen) atoms. The largest absolute Gasteiger partial charge is 0.319 e. The molecule has 4 rings (SSSR count). The molecule has 0 aliphatic carbocycles. The summed E-state index contributed by atoms with van der Waals surface area (Å²) in [4.78, 5) is 17.4. The van der Waals surface area contributed by atoms with Crippen LogP contribution in [0.15, 0.2) is 71.2 Å². The van der Waals surface area contributed by atoms with Gasteiger partial charge in [0, 0.05) is 20.7 Å². The maximum atomic E-state index is 12.9. The van der Waals surface area contributed by atoms with E-state index in [1.54, 1.807) is 10.7 Å². The van der Waals surface area contributed by atoms with Gasteiger partial charge in [-0.05, 0) is 55.8 Å². The van der Waals surface area contributed by atoms with Crippen molar-refractivity contribution in [2.75, 3.05) is 5.32 Å². The lowest BCUT2D eigenvalue weighted by Gasteiger charge is -2.10. The van der Waals surface area contributed by atoms with Gasteiger partial charge >= 0.3 is 0 Å². The Balaban J connectivity index is 1.80. The van der Waals surface area contributed by atoms with Crippen LogP contribution in [0, 0.1) is 13.8 Å². The lowest BCUT2D eigenvalue weighted by Crippen LogP contribution is -2.14. The highest BCUT2D eigenvalue weighted by molar-refractivity contribution is 9.10. The summed E-state index contributed by atoms with van der Waals surface area (Å²) < 4.78 is 2.56. The van der Waals surface area contributed by atoms with E-state index < -0.39 is 0 Å². The van der Waals surface area contributed by atoms with Crippen LogP contribution in [0.4, 0.5) is 5.69 Å². The monoisotopic (exact) mass is 480 g/mol. The summed E-state index contributed by atoms with van der Waals surface area (Å²) in [6.45, 7) is 4.04. The fraction of sp³-hybridized carbons (Fsp3) is 0.0870. The number of hydrogen-bond donors (Lipinski definition) is 1. The molecular formula is C23H18BrClN4O. The molecule has 0 fully saturated rings. The number of halogens is 2. The molecule has 5 nitrogen and oxygen atoms in total. The third kappa shape index (κ3) is 4.30. The summed E-state index contributed by atoms with van der Waals surface area (Å²) in [5, 5.41) is 7.96. The number of anilines is 1. The number of nitrogens with zero attached hydrogens (tertiary/aromatic N) is 3. The van der Waals surface area contributed by atoms with Crippen LogP contribution in [-0.4, -0.2) is 20.7 Å². The zero-order chi connectivity index (χ0) is 21.3. The van der Waals surface area contributed by atoms with Crippen LogP contribution >= 0.6 is 27.5 Å². The predicted octanol–water partition coefficient (Wildman–Crippen LogP) is 6.22.